The molecule has 0 saturated heterocycles. The largest absolute Gasteiger partial charge is 0.508 e. The number of phenols is 1. The second kappa shape index (κ2) is 22.5. The molecule has 1 aromatic rings. The number of aldehydes is 1. The number of aliphatic hydroxyl groups is 1. The molecule has 80 valence electrons. The van der Waals surface area contributed by atoms with E-state index < -0.39 is 0 Å². The number of benzene rings is 1. The molecule has 1 aromatic carbocycles. The molecule has 0 atom stereocenters. The zero-order valence-electron chi connectivity index (χ0n) is 8.38. The van der Waals surface area contributed by atoms with Crippen LogP contribution in [0.2, 0.25) is 0 Å². The summed E-state index contributed by atoms with van der Waals surface area (Å²) in [6, 6.07) is 8.71. The SMILES string of the molecule is C=O.CC=O.CO.Oc1ccccc1. The molecule has 1 rings (SSSR count). The second-order valence-corrected chi connectivity index (χ2v) is 1.57. The van der Waals surface area contributed by atoms with E-state index in [1.54, 1.807) is 24.3 Å². The van der Waals surface area contributed by atoms with Gasteiger partial charge in [0, 0.05) is 7.11 Å². The fraction of sp³-hybridized carbons (Fsp3) is 0.200. The van der Waals surface area contributed by atoms with E-state index in [0.717, 1.165) is 13.4 Å². The van der Waals surface area contributed by atoms with Gasteiger partial charge in [-0.3, -0.25) is 0 Å². The molecule has 4 heteroatoms. The van der Waals surface area contributed by atoms with Crippen LogP contribution >= 0.6 is 0 Å². The van der Waals surface area contributed by atoms with Crippen LogP contribution in [0.1, 0.15) is 6.92 Å². The molecule has 4 nitrogen and oxygen atoms in total. The van der Waals surface area contributed by atoms with Crippen LogP contribution in [0.15, 0.2) is 30.3 Å². The van der Waals surface area contributed by atoms with Crippen LogP contribution in [0.4, 0.5) is 0 Å². The van der Waals surface area contributed by atoms with Gasteiger partial charge in [0.1, 0.15) is 18.8 Å². The van der Waals surface area contributed by atoms with Crippen LogP contribution in [0.5, 0.6) is 5.75 Å². The summed E-state index contributed by atoms with van der Waals surface area (Å²) in [5.74, 6) is 0.322. The highest BCUT2D eigenvalue weighted by molar-refractivity contribution is 5.44. The van der Waals surface area contributed by atoms with Gasteiger partial charge >= 0.3 is 0 Å². The van der Waals surface area contributed by atoms with Crippen molar-refractivity contribution < 1.29 is 19.8 Å². The van der Waals surface area contributed by atoms with Crippen molar-refractivity contribution in [2.75, 3.05) is 7.11 Å². The van der Waals surface area contributed by atoms with E-state index in [1.807, 2.05) is 12.9 Å². The lowest BCUT2D eigenvalue weighted by Gasteiger charge is -1.82. The van der Waals surface area contributed by atoms with E-state index in [0.29, 0.717) is 5.75 Å². The zero-order valence-corrected chi connectivity index (χ0v) is 8.38. The van der Waals surface area contributed by atoms with Crippen LogP contribution in [-0.4, -0.2) is 30.4 Å². The molecule has 0 unspecified atom stereocenters. The summed E-state index contributed by atoms with van der Waals surface area (Å²) in [4.78, 5) is 16.8. The molecular weight excluding hydrogens is 184 g/mol. The van der Waals surface area contributed by atoms with Crippen molar-refractivity contribution in [3.05, 3.63) is 30.3 Å². The van der Waals surface area contributed by atoms with E-state index in [1.165, 1.54) is 6.92 Å². The number of aromatic hydroxyl groups is 1. The summed E-state index contributed by atoms with van der Waals surface area (Å²) < 4.78 is 0. The van der Waals surface area contributed by atoms with E-state index in [2.05, 4.69) is 0 Å². The van der Waals surface area contributed by atoms with Gasteiger partial charge in [-0.2, -0.15) is 0 Å². The topological polar surface area (TPSA) is 74.6 Å². The Labute approximate surface area is 83.8 Å². The fourth-order valence-electron chi connectivity index (χ4n) is 0.428. The molecule has 0 aliphatic rings. The lowest BCUT2D eigenvalue weighted by molar-refractivity contribution is -0.106. The Morgan fingerprint density at radius 3 is 1.57 bits per heavy atom. The molecule has 14 heavy (non-hydrogen) atoms. The number of carbonyl (C=O) groups excluding carboxylic acids is 2. The Hall–Kier alpha value is -1.68. The first-order valence-electron chi connectivity index (χ1n) is 3.68. The van der Waals surface area contributed by atoms with Gasteiger partial charge in [0.15, 0.2) is 0 Å². The van der Waals surface area contributed by atoms with Crippen molar-refractivity contribution in [1.29, 1.82) is 0 Å². The molecular formula is C10H16O4. The van der Waals surface area contributed by atoms with E-state index >= 15 is 0 Å². The summed E-state index contributed by atoms with van der Waals surface area (Å²) in [5.41, 5.74) is 0. The highest BCUT2D eigenvalue weighted by atomic mass is 16.3. The quantitative estimate of drug-likeness (QED) is 0.613. The molecule has 0 bridgehead atoms. The van der Waals surface area contributed by atoms with Gasteiger partial charge in [0.25, 0.3) is 0 Å². The standard InChI is InChI=1S/C6H6O.C2H4O.CH4O.CH2O/c7-6-4-2-1-3-5-6;1-2-3;2*1-2/h1-5,7H;2H,1H3;2H,1H3;1H2. The molecule has 0 spiro atoms. The van der Waals surface area contributed by atoms with Crippen molar-refractivity contribution >= 4 is 13.1 Å². The monoisotopic (exact) mass is 200 g/mol. The minimum atomic E-state index is 0.322. The average Bonchev–Trinajstić information content (AvgIpc) is 2.26. The first-order valence-corrected chi connectivity index (χ1v) is 3.68. The molecule has 2 N–H and O–H groups in total. The molecule has 0 heterocycles. The van der Waals surface area contributed by atoms with Gasteiger partial charge in [-0.05, 0) is 19.1 Å². The normalized spacial score (nSPS) is 5.93. The number of hydrogen-bond acceptors (Lipinski definition) is 4. The Balaban J connectivity index is -0.000000148. The van der Waals surface area contributed by atoms with Gasteiger partial charge in [-0.25, -0.2) is 0 Å². The third kappa shape index (κ3) is 22.4. The molecule has 0 radical (unpaired) electrons. The number of phenolic OH excluding ortho intramolecular Hbond substituents is 1. The summed E-state index contributed by atoms with van der Waals surface area (Å²) in [6.07, 6.45) is 0.750. The minimum absolute atomic E-state index is 0.322. The summed E-state index contributed by atoms with van der Waals surface area (Å²) >= 11 is 0. The highest BCUT2D eigenvalue weighted by Crippen LogP contribution is 2.02. The fourth-order valence-corrected chi connectivity index (χ4v) is 0.428. The minimum Gasteiger partial charge on any atom is -0.508 e. The lowest BCUT2D eigenvalue weighted by atomic mass is 10.3. The second-order valence-electron chi connectivity index (χ2n) is 1.57. The Morgan fingerprint density at radius 2 is 1.43 bits per heavy atom. The highest BCUT2D eigenvalue weighted by Gasteiger charge is 1.74. The molecule has 0 aliphatic carbocycles. The van der Waals surface area contributed by atoms with Crippen LogP contribution < -0.4 is 0 Å². The molecule has 0 fully saturated rings. The van der Waals surface area contributed by atoms with Crippen molar-refractivity contribution in [3.63, 3.8) is 0 Å². The molecule has 0 saturated carbocycles. The van der Waals surface area contributed by atoms with Crippen LogP contribution in [0, 0.1) is 0 Å². The number of carbonyl (C=O) groups is 2. The van der Waals surface area contributed by atoms with Crippen molar-refractivity contribution in [2.24, 2.45) is 0 Å². The predicted octanol–water partition coefficient (Wildman–Crippen LogP) is 1.02. The van der Waals surface area contributed by atoms with Crippen molar-refractivity contribution in [2.45, 2.75) is 6.92 Å². The van der Waals surface area contributed by atoms with Crippen LogP contribution in [0.25, 0.3) is 0 Å². The molecule has 0 aromatic heterocycles. The summed E-state index contributed by atoms with van der Waals surface area (Å²) in [7, 11) is 1.00. The summed E-state index contributed by atoms with van der Waals surface area (Å²) in [5, 5.41) is 15.6. The maximum Gasteiger partial charge on any atom is 0.116 e. The van der Waals surface area contributed by atoms with E-state index in [-0.39, 0.29) is 0 Å². The van der Waals surface area contributed by atoms with Gasteiger partial charge in [0.05, 0.1) is 0 Å². The Kier molecular flexibility index (Phi) is 29.2. The van der Waals surface area contributed by atoms with Crippen molar-refractivity contribution in [3.8, 4) is 5.75 Å². The first kappa shape index (κ1) is 18.2. The number of rotatable bonds is 0. The molecule has 0 aliphatic heterocycles. The third-order valence-corrected chi connectivity index (χ3v) is 0.756. The van der Waals surface area contributed by atoms with Gasteiger partial charge < -0.3 is 19.8 Å². The zero-order chi connectivity index (χ0) is 11.8. The van der Waals surface area contributed by atoms with E-state index in [4.69, 9.17) is 19.8 Å². The maximum absolute atomic E-state index is 8.81. The summed E-state index contributed by atoms with van der Waals surface area (Å²) in [6.45, 7) is 3.44. The Morgan fingerprint density at radius 1 is 1.14 bits per heavy atom. The van der Waals surface area contributed by atoms with Gasteiger partial charge in [-0.1, -0.05) is 18.2 Å². The smallest absolute Gasteiger partial charge is 0.116 e. The number of aliphatic hydroxyl groups excluding tert-OH is 1. The Bertz CT molecular complexity index is 187. The maximum atomic E-state index is 8.81. The van der Waals surface area contributed by atoms with Gasteiger partial charge in [0.2, 0.25) is 0 Å². The van der Waals surface area contributed by atoms with Crippen LogP contribution in [0.3, 0.4) is 0 Å². The van der Waals surface area contributed by atoms with Gasteiger partial charge in [-0.15, -0.1) is 0 Å². The van der Waals surface area contributed by atoms with Crippen molar-refractivity contribution in [1.82, 2.24) is 0 Å². The van der Waals surface area contributed by atoms with E-state index in [9.17, 15) is 0 Å². The number of para-hydroxylation sites is 1. The third-order valence-electron chi connectivity index (χ3n) is 0.756. The molecule has 0 amide bonds. The van der Waals surface area contributed by atoms with Crippen LogP contribution in [-0.2, 0) is 9.59 Å². The average molecular weight is 200 g/mol. The number of hydrogen-bond donors (Lipinski definition) is 2. The lowest BCUT2D eigenvalue weighted by Crippen LogP contribution is -1.56. The predicted molar refractivity (Wildman–Crippen MR) is 55.1 cm³/mol. The first-order chi connectivity index (χ1) is 6.81.